The summed E-state index contributed by atoms with van der Waals surface area (Å²) in [6, 6.07) is -0.408. The molecule has 1 fully saturated rings. The Labute approximate surface area is 114 Å². The van der Waals surface area contributed by atoms with Gasteiger partial charge in [-0.3, -0.25) is 9.48 Å². The Bertz CT molecular complexity index is 469. The molecule has 1 saturated heterocycles. The summed E-state index contributed by atoms with van der Waals surface area (Å²) in [5.41, 5.74) is 0.421. The summed E-state index contributed by atoms with van der Waals surface area (Å²) in [4.78, 5) is 22.1. The first-order valence-corrected chi connectivity index (χ1v) is 6.12. The van der Waals surface area contributed by atoms with Crippen LogP contribution >= 0.6 is 0 Å². The van der Waals surface area contributed by atoms with Crippen molar-refractivity contribution in [1.82, 2.24) is 15.1 Å². The third-order valence-electron chi connectivity index (χ3n) is 2.56. The van der Waals surface area contributed by atoms with Crippen molar-refractivity contribution in [2.45, 2.75) is 12.6 Å². The third-order valence-corrected chi connectivity index (χ3v) is 2.56. The van der Waals surface area contributed by atoms with Gasteiger partial charge in [0.05, 0.1) is 37.8 Å². The number of carboxylic acids is 1. The number of carbonyl (C=O) groups is 2. The Hall–Kier alpha value is -2.13. The number of ether oxygens (including phenoxy) is 2. The van der Waals surface area contributed by atoms with Crippen LogP contribution in [0.15, 0.2) is 12.4 Å². The summed E-state index contributed by atoms with van der Waals surface area (Å²) in [6.45, 7) is 1.64. The van der Waals surface area contributed by atoms with E-state index < -0.39 is 12.0 Å². The Morgan fingerprint density at radius 3 is 3.05 bits per heavy atom. The molecule has 1 aromatic rings. The molecule has 1 unspecified atom stereocenters. The van der Waals surface area contributed by atoms with Crippen LogP contribution in [0.4, 0.5) is 10.5 Å². The molecule has 0 bridgehead atoms. The standard InChI is InChI=1S/C11H16N4O5/c16-10(17)6-15-5-8(3-13-15)14-11(18)12-4-9-7-19-1-2-20-9/h3,5,9H,1-2,4,6-7H2,(H,16,17)(H2,12,14,18). The third kappa shape index (κ3) is 4.52. The molecule has 2 heterocycles. The summed E-state index contributed by atoms with van der Waals surface area (Å²) in [5.74, 6) is -1.00. The average Bonchev–Trinajstić information content (AvgIpc) is 2.84. The zero-order valence-electron chi connectivity index (χ0n) is 10.7. The lowest BCUT2D eigenvalue weighted by Gasteiger charge is -2.22. The number of carboxylic acid groups (broad SMARTS) is 1. The smallest absolute Gasteiger partial charge is 0.325 e. The minimum Gasteiger partial charge on any atom is -0.480 e. The van der Waals surface area contributed by atoms with Crippen LogP contribution in [-0.2, 0) is 20.8 Å². The Morgan fingerprint density at radius 1 is 1.50 bits per heavy atom. The van der Waals surface area contributed by atoms with Crippen LogP contribution in [0.2, 0.25) is 0 Å². The van der Waals surface area contributed by atoms with E-state index in [0.29, 0.717) is 32.1 Å². The second-order valence-corrected chi connectivity index (χ2v) is 4.22. The van der Waals surface area contributed by atoms with E-state index in [1.54, 1.807) is 0 Å². The maximum absolute atomic E-state index is 11.6. The van der Waals surface area contributed by atoms with E-state index in [9.17, 15) is 9.59 Å². The second-order valence-electron chi connectivity index (χ2n) is 4.22. The van der Waals surface area contributed by atoms with Crippen molar-refractivity contribution < 1.29 is 24.2 Å². The van der Waals surface area contributed by atoms with Gasteiger partial charge in [-0.05, 0) is 0 Å². The van der Waals surface area contributed by atoms with E-state index in [4.69, 9.17) is 14.6 Å². The van der Waals surface area contributed by atoms with Crippen LogP contribution in [0.25, 0.3) is 0 Å². The minimum absolute atomic E-state index is 0.149. The van der Waals surface area contributed by atoms with Gasteiger partial charge >= 0.3 is 12.0 Å². The van der Waals surface area contributed by atoms with Crippen LogP contribution in [0.5, 0.6) is 0 Å². The lowest BCUT2D eigenvalue weighted by atomic mass is 10.3. The van der Waals surface area contributed by atoms with Gasteiger partial charge in [-0.15, -0.1) is 0 Å². The minimum atomic E-state index is -1.00. The Kier molecular flexibility index (Phi) is 4.91. The highest BCUT2D eigenvalue weighted by atomic mass is 16.6. The van der Waals surface area contributed by atoms with Crippen molar-refractivity contribution in [2.75, 3.05) is 31.7 Å². The molecule has 0 radical (unpaired) electrons. The number of carbonyl (C=O) groups excluding carboxylic acids is 1. The summed E-state index contributed by atoms with van der Waals surface area (Å²) in [5, 5.41) is 17.6. The zero-order chi connectivity index (χ0) is 14.4. The fraction of sp³-hybridized carbons (Fsp3) is 0.545. The number of nitrogens with zero attached hydrogens (tertiary/aromatic N) is 2. The molecule has 110 valence electrons. The topological polar surface area (TPSA) is 115 Å². The number of hydrogen-bond acceptors (Lipinski definition) is 5. The number of aromatic nitrogens is 2. The monoisotopic (exact) mass is 284 g/mol. The number of urea groups is 1. The van der Waals surface area contributed by atoms with Gasteiger partial charge in [-0.25, -0.2) is 4.79 Å². The molecular formula is C11H16N4O5. The fourth-order valence-electron chi connectivity index (χ4n) is 1.69. The quantitative estimate of drug-likeness (QED) is 0.672. The molecule has 1 atom stereocenters. The molecule has 9 nitrogen and oxygen atoms in total. The van der Waals surface area contributed by atoms with Gasteiger partial charge in [-0.1, -0.05) is 0 Å². The van der Waals surface area contributed by atoms with E-state index in [1.165, 1.54) is 17.1 Å². The summed E-state index contributed by atoms with van der Waals surface area (Å²) < 4.78 is 11.8. The molecule has 2 rings (SSSR count). The largest absolute Gasteiger partial charge is 0.480 e. The molecule has 1 aliphatic rings. The maximum Gasteiger partial charge on any atom is 0.325 e. The number of amides is 2. The average molecular weight is 284 g/mol. The fourth-order valence-corrected chi connectivity index (χ4v) is 1.69. The lowest BCUT2D eigenvalue weighted by Crippen LogP contribution is -2.41. The number of hydrogen-bond donors (Lipinski definition) is 3. The van der Waals surface area contributed by atoms with Gasteiger partial charge in [0.25, 0.3) is 0 Å². The number of rotatable bonds is 5. The molecule has 9 heteroatoms. The van der Waals surface area contributed by atoms with E-state index in [2.05, 4.69) is 15.7 Å². The first kappa shape index (κ1) is 14.3. The van der Waals surface area contributed by atoms with Crippen molar-refractivity contribution in [1.29, 1.82) is 0 Å². The van der Waals surface area contributed by atoms with Gasteiger partial charge < -0.3 is 25.2 Å². The lowest BCUT2D eigenvalue weighted by molar-refractivity contribution is -0.137. The molecule has 0 saturated carbocycles. The van der Waals surface area contributed by atoms with Crippen molar-refractivity contribution in [3.8, 4) is 0 Å². The van der Waals surface area contributed by atoms with E-state index >= 15 is 0 Å². The van der Waals surface area contributed by atoms with E-state index in [-0.39, 0.29) is 12.6 Å². The first-order valence-electron chi connectivity index (χ1n) is 6.12. The maximum atomic E-state index is 11.6. The second kappa shape index (κ2) is 6.87. The van der Waals surface area contributed by atoms with Crippen LogP contribution in [0, 0.1) is 0 Å². The molecule has 1 aliphatic heterocycles. The van der Waals surface area contributed by atoms with Crippen molar-refractivity contribution in [2.24, 2.45) is 0 Å². The molecule has 20 heavy (non-hydrogen) atoms. The number of nitrogens with one attached hydrogen (secondary N) is 2. The van der Waals surface area contributed by atoms with Crippen molar-refractivity contribution >= 4 is 17.7 Å². The summed E-state index contributed by atoms with van der Waals surface area (Å²) in [6.07, 6.45) is 2.67. The van der Waals surface area contributed by atoms with Gasteiger partial charge in [-0.2, -0.15) is 5.10 Å². The Morgan fingerprint density at radius 2 is 2.35 bits per heavy atom. The highest BCUT2D eigenvalue weighted by molar-refractivity contribution is 5.88. The highest BCUT2D eigenvalue weighted by Gasteiger charge is 2.15. The molecule has 0 aromatic carbocycles. The molecule has 3 N–H and O–H groups in total. The van der Waals surface area contributed by atoms with Gasteiger partial charge in [0.2, 0.25) is 0 Å². The van der Waals surface area contributed by atoms with E-state index in [0.717, 1.165) is 0 Å². The van der Waals surface area contributed by atoms with Crippen LogP contribution in [-0.4, -0.2) is 59.4 Å². The summed E-state index contributed by atoms with van der Waals surface area (Å²) >= 11 is 0. The van der Waals surface area contributed by atoms with Crippen LogP contribution < -0.4 is 10.6 Å². The SMILES string of the molecule is O=C(O)Cn1cc(NC(=O)NCC2COCCO2)cn1. The number of anilines is 1. The highest BCUT2D eigenvalue weighted by Crippen LogP contribution is 2.04. The van der Waals surface area contributed by atoms with Crippen LogP contribution in [0.1, 0.15) is 0 Å². The summed E-state index contributed by atoms with van der Waals surface area (Å²) in [7, 11) is 0. The van der Waals surface area contributed by atoms with Crippen molar-refractivity contribution in [3.05, 3.63) is 12.4 Å². The van der Waals surface area contributed by atoms with Gasteiger partial charge in [0.15, 0.2) is 0 Å². The molecule has 2 amide bonds. The van der Waals surface area contributed by atoms with Gasteiger partial charge in [0.1, 0.15) is 6.54 Å². The predicted molar refractivity (Wildman–Crippen MR) is 67.4 cm³/mol. The van der Waals surface area contributed by atoms with Gasteiger partial charge in [0, 0.05) is 12.7 Å². The molecule has 0 aliphatic carbocycles. The molecule has 0 spiro atoms. The predicted octanol–water partition coefficient (Wildman–Crippen LogP) is -0.495. The Balaban J connectivity index is 1.73. The molecular weight excluding hydrogens is 268 g/mol. The first-order chi connectivity index (χ1) is 9.63. The van der Waals surface area contributed by atoms with Crippen molar-refractivity contribution in [3.63, 3.8) is 0 Å². The normalized spacial score (nSPS) is 18.5. The molecule has 1 aromatic heterocycles. The van der Waals surface area contributed by atoms with E-state index in [1.807, 2.05) is 0 Å². The zero-order valence-corrected chi connectivity index (χ0v) is 10.7. The van der Waals surface area contributed by atoms with Crippen LogP contribution in [0.3, 0.4) is 0 Å². The number of aliphatic carboxylic acids is 1.